The lowest BCUT2D eigenvalue weighted by Crippen LogP contribution is -2.14. The van der Waals surface area contributed by atoms with Gasteiger partial charge in [0, 0.05) is 15.8 Å². The number of nitrogens with one attached hydrogen (secondary N) is 1. The third-order valence-electron chi connectivity index (χ3n) is 3.72. The van der Waals surface area contributed by atoms with Crippen LogP contribution >= 0.6 is 11.8 Å². The summed E-state index contributed by atoms with van der Waals surface area (Å²) in [5.41, 5.74) is 0.987. The summed E-state index contributed by atoms with van der Waals surface area (Å²) in [4.78, 5) is 13.2. The highest BCUT2D eigenvalue weighted by molar-refractivity contribution is 8.02. The molecule has 0 spiro atoms. The third kappa shape index (κ3) is 4.15. The van der Waals surface area contributed by atoms with Gasteiger partial charge in [-0.2, -0.15) is 0 Å². The summed E-state index contributed by atoms with van der Waals surface area (Å²) in [5.74, 6) is -0.322. The Bertz CT molecular complexity index is 850. The number of halogens is 1. The van der Waals surface area contributed by atoms with Crippen LogP contribution in [0.1, 0.15) is 16.8 Å². The molecule has 1 aliphatic rings. The molecule has 126 valence electrons. The average Bonchev–Trinajstić information content (AvgIpc) is 2.89. The molecule has 0 saturated carbocycles. The van der Waals surface area contributed by atoms with E-state index in [1.54, 1.807) is 12.1 Å². The Balaban J connectivity index is 1.76. The minimum absolute atomic E-state index is 0.0326. The van der Waals surface area contributed by atoms with Crippen molar-refractivity contribution >= 4 is 33.2 Å². The molecule has 2 aromatic rings. The van der Waals surface area contributed by atoms with Gasteiger partial charge in [0.2, 0.25) is 0 Å². The highest BCUT2D eigenvalue weighted by Gasteiger charge is 2.29. The van der Waals surface area contributed by atoms with Gasteiger partial charge < -0.3 is 5.32 Å². The molecule has 1 fully saturated rings. The first-order valence-corrected chi connectivity index (χ1v) is 10.2. The molecule has 1 aliphatic heterocycles. The van der Waals surface area contributed by atoms with E-state index in [2.05, 4.69) is 5.32 Å². The van der Waals surface area contributed by atoms with Gasteiger partial charge in [0.25, 0.3) is 5.91 Å². The molecule has 0 radical (unpaired) electrons. The van der Waals surface area contributed by atoms with Crippen molar-refractivity contribution in [3.63, 3.8) is 0 Å². The summed E-state index contributed by atoms with van der Waals surface area (Å²) < 4.78 is 36.1. The zero-order valence-corrected chi connectivity index (χ0v) is 14.4. The van der Waals surface area contributed by atoms with Gasteiger partial charge in [-0.25, -0.2) is 12.8 Å². The van der Waals surface area contributed by atoms with E-state index >= 15 is 0 Å². The fourth-order valence-corrected chi connectivity index (χ4v) is 6.15. The molecule has 7 heteroatoms. The molecule has 0 unspecified atom stereocenters. The maximum atomic E-state index is 12.9. The van der Waals surface area contributed by atoms with Crippen molar-refractivity contribution in [3.05, 3.63) is 59.9 Å². The number of anilines is 1. The van der Waals surface area contributed by atoms with Crippen LogP contribution in [0.25, 0.3) is 0 Å². The summed E-state index contributed by atoms with van der Waals surface area (Å²) in [6, 6.07) is 12.6. The standard InChI is InChI=1S/C17H16FNO3S2/c18-12-5-7-13(8-6-12)19-17(20)15-3-1-2-4-16(15)23-14-9-10-24(21,22)11-14/h1-8,14H,9-11H2,(H,19,20)/t14-/m1/s1. The van der Waals surface area contributed by atoms with Crippen molar-refractivity contribution in [2.24, 2.45) is 0 Å². The van der Waals surface area contributed by atoms with E-state index in [0.29, 0.717) is 17.7 Å². The molecular weight excluding hydrogens is 349 g/mol. The monoisotopic (exact) mass is 365 g/mol. The first kappa shape index (κ1) is 17.0. The SMILES string of the molecule is O=C(Nc1ccc(F)cc1)c1ccccc1S[C@@H]1CCS(=O)(=O)C1. The van der Waals surface area contributed by atoms with Crippen molar-refractivity contribution in [2.45, 2.75) is 16.6 Å². The minimum atomic E-state index is -2.96. The van der Waals surface area contributed by atoms with E-state index in [-0.39, 0.29) is 28.5 Å². The molecule has 1 saturated heterocycles. The van der Waals surface area contributed by atoms with Crippen LogP contribution in [-0.4, -0.2) is 31.1 Å². The number of rotatable bonds is 4. The first-order chi connectivity index (χ1) is 11.4. The number of thioether (sulfide) groups is 1. The van der Waals surface area contributed by atoms with Crippen LogP contribution < -0.4 is 5.32 Å². The van der Waals surface area contributed by atoms with E-state index in [1.807, 2.05) is 12.1 Å². The molecule has 4 nitrogen and oxygen atoms in total. The van der Waals surface area contributed by atoms with Crippen LogP contribution in [0, 0.1) is 5.82 Å². The quantitative estimate of drug-likeness (QED) is 0.902. The van der Waals surface area contributed by atoms with Crippen molar-refractivity contribution < 1.29 is 17.6 Å². The van der Waals surface area contributed by atoms with Gasteiger partial charge >= 0.3 is 0 Å². The van der Waals surface area contributed by atoms with Crippen LogP contribution in [0.3, 0.4) is 0 Å². The Morgan fingerprint density at radius 3 is 2.50 bits per heavy atom. The van der Waals surface area contributed by atoms with Gasteiger partial charge in [-0.15, -0.1) is 11.8 Å². The Labute approximate surface area is 144 Å². The first-order valence-electron chi connectivity index (χ1n) is 7.46. The molecule has 2 aromatic carbocycles. The second kappa shape index (κ2) is 6.94. The fraction of sp³-hybridized carbons (Fsp3) is 0.235. The molecule has 3 rings (SSSR count). The lowest BCUT2D eigenvalue weighted by atomic mass is 10.2. The molecule has 0 aromatic heterocycles. The topological polar surface area (TPSA) is 63.2 Å². The highest BCUT2D eigenvalue weighted by atomic mass is 32.2. The van der Waals surface area contributed by atoms with Gasteiger partial charge in [0.1, 0.15) is 5.82 Å². The molecule has 0 aliphatic carbocycles. The molecule has 1 amide bonds. The van der Waals surface area contributed by atoms with E-state index in [4.69, 9.17) is 0 Å². The molecule has 24 heavy (non-hydrogen) atoms. The zero-order valence-electron chi connectivity index (χ0n) is 12.7. The van der Waals surface area contributed by atoms with Gasteiger partial charge in [-0.1, -0.05) is 12.1 Å². The zero-order chi connectivity index (χ0) is 17.2. The van der Waals surface area contributed by atoms with Crippen LogP contribution in [0.4, 0.5) is 10.1 Å². The number of amides is 1. The lowest BCUT2D eigenvalue weighted by molar-refractivity contribution is 0.102. The number of hydrogen-bond acceptors (Lipinski definition) is 4. The van der Waals surface area contributed by atoms with Gasteiger partial charge in [0.05, 0.1) is 17.1 Å². The summed E-state index contributed by atoms with van der Waals surface area (Å²) in [6.07, 6.45) is 0.598. The Hall–Kier alpha value is -1.86. The van der Waals surface area contributed by atoms with E-state index in [9.17, 15) is 17.6 Å². The summed E-state index contributed by atoms with van der Waals surface area (Å²) in [6.45, 7) is 0. The Morgan fingerprint density at radius 1 is 1.12 bits per heavy atom. The van der Waals surface area contributed by atoms with E-state index in [1.165, 1.54) is 36.0 Å². The van der Waals surface area contributed by atoms with Crippen molar-refractivity contribution in [1.82, 2.24) is 0 Å². The largest absolute Gasteiger partial charge is 0.322 e. The normalized spacial score (nSPS) is 19.1. The summed E-state index contributed by atoms with van der Waals surface area (Å²) >= 11 is 1.42. The maximum absolute atomic E-state index is 12.9. The van der Waals surface area contributed by atoms with Crippen molar-refractivity contribution in [3.8, 4) is 0 Å². The molecule has 1 heterocycles. The number of hydrogen-bond donors (Lipinski definition) is 1. The number of benzene rings is 2. The minimum Gasteiger partial charge on any atom is -0.322 e. The van der Waals surface area contributed by atoms with Gasteiger partial charge in [0.15, 0.2) is 9.84 Å². The highest BCUT2D eigenvalue weighted by Crippen LogP contribution is 2.33. The molecule has 1 atom stereocenters. The Kier molecular flexibility index (Phi) is 4.91. The third-order valence-corrected chi connectivity index (χ3v) is 7.04. The van der Waals surface area contributed by atoms with E-state index < -0.39 is 9.84 Å². The predicted molar refractivity (Wildman–Crippen MR) is 93.7 cm³/mol. The number of carbonyl (C=O) groups excluding carboxylic acids is 1. The predicted octanol–water partition coefficient (Wildman–Crippen LogP) is 3.36. The van der Waals surface area contributed by atoms with Gasteiger partial charge in [-0.3, -0.25) is 4.79 Å². The second-order valence-electron chi connectivity index (χ2n) is 5.60. The van der Waals surface area contributed by atoms with Crippen LogP contribution in [0.5, 0.6) is 0 Å². The summed E-state index contributed by atoms with van der Waals surface area (Å²) in [7, 11) is -2.96. The average molecular weight is 365 g/mol. The van der Waals surface area contributed by atoms with Gasteiger partial charge in [-0.05, 0) is 42.8 Å². The second-order valence-corrected chi connectivity index (χ2v) is 9.17. The molecule has 0 bridgehead atoms. The lowest BCUT2D eigenvalue weighted by Gasteiger charge is -2.12. The van der Waals surface area contributed by atoms with Crippen LogP contribution in [0.2, 0.25) is 0 Å². The number of carbonyl (C=O) groups is 1. The Morgan fingerprint density at radius 2 is 1.83 bits per heavy atom. The van der Waals surface area contributed by atoms with Crippen LogP contribution in [0.15, 0.2) is 53.4 Å². The maximum Gasteiger partial charge on any atom is 0.256 e. The smallest absolute Gasteiger partial charge is 0.256 e. The van der Waals surface area contributed by atoms with Crippen molar-refractivity contribution in [1.29, 1.82) is 0 Å². The van der Waals surface area contributed by atoms with Crippen molar-refractivity contribution in [2.75, 3.05) is 16.8 Å². The number of sulfone groups is 1. The molecular formula is C17H16FNO3S2. The summed E-state index contributed by atoms with van der Waals surface area (Å²) in [5, 5.41) is 2.70. The fourth-order valence-electron chi connectivity index (χ4n) is 2.52. The van der Waals surface area contributed by atoms with Crippen LogP contribution in [-0.2, 0) is 9.84 Å². The molecule has 1 N–H and O–H groups in total. The van der Waals surface area contributed by atoms with E-state index in [0.717, 1.165) is 4.90 Å².